The smallest absolute Gasteiger partial charge is 0.457 e. The quantitative estimate of drug-likeness (QED) is 0.395. The number of esters is 1. The molecule has 138 valence electrons. The van der Waals surface area contributed by atoms with Crippen LogP contribution in [0.5, 0.6) is 0 Å². The number of aryl methyl sites for hydroxylation is 1. The lowest BCUT2D eigenvalue weighted by atomic mass is 10.1. The van der Waals surface area contributed by atoms with E-state index in [1.807, 2.05) is 0 Å². The van der Waals surface area contributed by atoms with Crippen molar-refractivity contribution < 1.29 is 35.3 Å². The number of benzene rings is 1. The van der Waals surface area contributed by atoms with Crippen LogP contribution in [0.15, 0.2) is 30.3 Å². The minimum Gasteiger partial charge on any atom is -0.465 e. The van der Waals surface area contributed by atoms with Crippen molar-refractivity contribution in [1.29, 1.82) is 0 Å². The first-order valence-corrected chi connectivity index (χ1v) is 8.89. The molecule has 1 aromatic carbocycles. The number of rotatable bonds is 8. The van der Waals surface area contributed by atoms with Crippen molar-refractivity contribution in [1.82, 2.24) is 0 Å². The van der Waals surface area contributed by atoms with Gasteiger partial charge in [0.2, 0.25) is 0 Å². The molecule has 1 atom stereocenters. The Morgan fingerprint density at radius 3 is 2.44 bits per heavy atom. The number of halogens is 3. The molecule has 0 aliphatic heterocycles. The lowest BCUT2D eigenvalue weighted by Crippen LogP contribution is -2.25. The maximum Gasteiger partial charge on any atom is 0.457 e. The van der Waals surface area contributed by atoms with Gasteiger partial charge in [-0.3, -0.25) is 8.98 Å². The number of ether oxygens (including phenoxy) is 1. The number of hydrogen-bond acceptors (Lipinski definition) is 5. The van der Waals surface area contributed by atoms with Crippen molar-refractivity contribution in [3.8, 4) is 11.8 Å². The maximum atomic E-state index is 12.3. The zero-order chi connectivity index (χ0) is 18.9. The van der Waals surface area contributed by atoms with Gasteiger partial charge in [0.1, 0.15) is 6.10 Å². The lowest BCUT2D eigenvalue weighted by Gasteiger charge is -2.12. The van der Waals surface area contributed by atoms with Gasteiger partial charge < -0.3 is 4.74 Å². The van der Waals surface area contributed by atoms with E-state index >= 15 is 0 Å². The Balaban J connectivity index is 2.82. The summed E-state index contributed by atoms with van der Waals surface area (Å²) in [6.07, 6.45) is -6.14. The third-order valence-electron chi connectivity index (χ3n) is 2.78. The second kappa shape index (κ2) is 9.44. The van der Waals surface area contributed by atoms with Gasteiger partial charge in [-0.15, -0.1) is 0 Å². The summed E-state index contributed by atoms with van der Waals surface area (Å²) >= 11 is 0. The van der Waals surface area contributed by atoms with E-state index in [1.54, 1.807) is 36.3 Å². The molecule has 0 spiro atoms. The molecule has 9 heteroatoms. The fourth-order valence-electron chi connectivity index (χ4n) is 1.81. The van der Waals surface area contributed by atoms with Crippen molar-refractivity contribution >= 4 is 16.1 Å². The van der Waals surface area contributed by atoms with E-state index in [1.165, 1.54) is 6.92 Å². The van der Waals surface area contributed by atoms with Crippen molar-refractivity contribution in [2.24, 2.45) is 0 Å². The zero-order valence-electron chi connectivity index (χ0n) is 13.4. The molecule has 0 aliphatic rings. The van der Waals surface area contributed by atoms with Gasteiger partial charge in [-0.05, 0) is 25.3 Å². The summed E-state index contributed by atoms with van der Waals surface area (Å²) in [5.74, 6) is 0.631. The largest absolute Gasteiger partial charge is 0.465 e. The molecule has 0 heterocycles. The monoisotopic (exact) mass is 378 g/mol. The molecule has 1 rings (SSSR count). The van der Waals surface area contributed by atoms with Crippen LogP contribution in [0, 0.1) is 11.8 Å². The normalized spacial score (nSPS) is 12.8. The van der Waals surface area contributed by atoms with Crippen LogP contribution in [-0.2, 0) is 30.3 Å². The highest BCUT2D eigenvalue weighted by Crippen LogP contribution is 2.15. The van der Waals surface area contributed by atoms with Crippen LogP contribution in [0.3, 0.4) is 0 Å². The molecule has 0 aliphatic carbocycles. The fraction of sp³-hybridized carbons (Fsp3) is 0.438. The van der Waals surface area contributed by atoms with Crippen LogP contribution in [0.4, 0.5) is 13.2 Å². The highest BCUT2D eigenvalue weighted by molar-refractivity contribution is 7.87. The lowest BCUT2D eigenvalue weighted by molar-refractivity contribution is -0.140. The molecule has 5 nitrogen and oxygen atoms in total. The summed E-state index contributed by atoms with van der Waals surface area (Å²) in [5.41, 5.74) is 0.785. The second-order valence-electron chi connectivity index (χ2n) is 4.88. The minimum absolute atomic E-state index is 0.0281. The van der Waals surface area contributed by atoms with Crippen LogP contribution in [0.25, 0.3) is 0 Å². The first-order chi connectivity index (χ1) is 11.6. The molecule has 0 saturated carbocycles. The Kier molecular flexibility index (Phi) is 7.93. The van der Waals surface area contributed by atoms with Gasteiger partial charge in [-0.2, -0.15) is 21.6 Å². The van der Waals surface area contributed by atoms with Crippen LogP contribution >= 0.6 is 0 Å². The molecule has 1 aromatic rings. The first kappa shape index (κ1) is 21.0. The fourth-order valence-corrected chi connectivity index (χ4v) is 2.75. The number of carbonyl (C=O) groups excluding carboxylic acids is 1. The van der Waals surface area contributed by atoms with Crippen molar-refractivity contribution in [2.45, 2.75) is 32.0 Å². The Bertz CT molecular complexity index is 718. The van der Waals surface area contributed by atoms with Crippen LogP contribution in [0.1, 0.15) is 18.9 Å². The van der Waals surface area contributed by atoms with E-state index < -0.39 is 34.1 Å². The van der Waals surface area contributed by atoms with Gasteiger partial charge in [0.15, 0.2) is 5.75 Å². The summed E-state index contributed by atoms with van der Waals surface area (Å²) < 4.78 is 69.5. The predicted molar refractivity (Wildman–Crippen MR) is 83.9 cm³/mol. The topological polar surface area (TPSA) is 69.7 Å². The predicted octanol–water partition coefficient (Wildman–Crippen LogP) is 2.46. The molecule has 0 saturated heterocycles. The molecule has 1 unspecified atom stereocenters. The van der Waals surface area contributed by atoms with Crippen molar-refractivity contribution in [2.75, 3.05) is 12.4 Å². The Morgan fingerprint density at radius 1 is 1.24 bits per heavy atom. The summed E-state index contributed by atoms with van der Waals surface area (Å²) in [6, 6.07) is 8.72. The van der Waals surface area contributed by atoms with Crippen LogP contribution in [0.2, 0.25) is 0 Å². The number of alkyl halides is 3. The summed E-state index contributed by atoms with van der Waals surface area (Å²) in [6.45, 7) is 1.46. The number of carbonyl (C=O) groups is 1. The second-order valence-corrected chi connectivity index (χ2v) is 6.48. The van der Waals surface area contributed by atoms with Crippen LogP contribution < -0.4 is 0 Å². The van der Waals surface area contributed by atoms with E-state index in [0.29, 0.717) is 0 Å². The zero-order valence-corrected chi connectivity index (χ0v) is 14.2. The molecule has 0 amide bonds. The average Bonchev–Trinajstić information content (AvgIpc) is 2.49. The van der Waals surface area contributed by atoms with Gasteiger partial charge >= 0.3 is 12.1 Å². The van der Waals surface area contributed by atoms with Gasteiger partial charge in [0, 0.05) is 5.92 Å². The Morgan fingerprint density at radius 2 is 1.88 bits per heavy atom. The van der Waals surface area contributed by atoms with E-state index in [-0.39, 0.29) is 19.4 Å². The van der Waals surface area contributed by atoms with E-state index in [4.69, 9.17) is 0 Å². The molecular weight excluding hydrogens is 361 g/mol. The SMILES string of the molecule is CCOC(=O)CS(=O)(=O)OC(C#CC(F)(F)F)CCc1ccccc1. The molecule has 0 N–H and O–H groups in total. The molecule has 0 bridgehead atoms. The standard InChI is InChI=1S/C16H17F3O5S/c1-2-23-15(20)12-25(21,22)24-14(10-11-16(17,18)19)9-8-13-6-4-3-5-7-13/h3-7,14H,2,8-9,12H2,1H3. The molecule has 0 aromatic heterocycles. The van der Waals surface area contributed by atoms with Gasteiger partial charge in [-0.1, -0.05) is 36.3 Å². The summed E-state index contributed by atoms with van der Waals surface area (Å²) in [4.78, 5) is 11.2. The third kappa shape index (κ3) is 9.74. The Hall–Kier alpha value is -2.05. The average molecular weight is 378 g/mol. The van der Waals surface area contributed by atoms with E-state index in [0.717, 1.165) is 11.5 Å². The Labute approximate surface area is 144 Å². The summed E-state index contributed by atoms with van der Waals surface area (Å²) in [7, 11) is -4.42. The maximum absolute atomic E-state index is 12.3. The molecular formula is C16H17F3O5S. The van der Waals surface area contributed by atoms with Crippen molar-refractivity contribution in [3.63, 3.8) is 0 Å². The van der Waals surface area contributed by atoms with Gasteiger partial charge in [0.05, 0.1) is 6.61 Å². The number of hydrogen-bond donors (Lipinski definition) is 0. The third-order valence-corrected chi connectivity index (χ3v) is 3.89. The molecule has 0 fully saturated rings. The van der Waals surface area contributed by atoms with Crippen molar-refractivity contribution in [3.05, 3.63) is 35.9 Å². The molecule has 25 heavy (non-hydrogen) atoms. The molecule has 0 radical (unpaired) electrons. The highest BCUT2D eigenvalue weighted by Gasteiger charge is 2.26. The highest BCUT2D eigenvalue weighted by atomic mass is 32.2. The van der Waals surface area contributed by atoms with E-state index in [9.17, 15) is 26.4 Å². The first-order valence-electron chi connectivity index (χ1n) is 7.31. The summed E-state index contributed by atoms with van der Waals surface area (Å²) in [5, 5.41) is 0. The van der Waals surface area contributed by atoms with Gasteiger partial charge in [-0.25, -0.2) is 0 Å². The minimum atomic E-state index is -4.78. The van der Waals surface area contributed by atoms with Gasteiger partial charge in [0.25, 0.3) is 10.1 Å². The van der Waals surface area contributed by atoms with E-state index in [2.05, 4.69) is 8.92 Å². The van der Waals surface area contributed by atoms with Crippen LogP contribution in [-0.4, -0.2) is 39.0 Å².